The van der Waals surface area contributed by atoms with E-state index < -0.39 is 0 Å². The van der Waals surface area contributed by atoms with Crippen LogP contribution < -0.4 is 9.47 Å². The molecule has 0 aromatic heterocycles. The Kier molecular flexibility index (Phi) is 10.6. The van der Waals surface area contributed by atoms with Gasteiger partial charge in [-0.25, -0.2) is 0 Å². The fraction of sp³-hybridized carbons (Fsp3) is 0.538. The van der Waals surface area contributed by atoms with Crippen LogP contribution in [0.2, 0.25) is 0 Å². The smallest absolute Gasteiger partial charge is 0.161 e. The lowest BCUT2D eigenvalue weighted by atomic mass is 9.99. The summed E-state index contributed by atoms with van der Waals surface area (Å²) in [4.78, 5) is 2.67. The maximum Gasteiger partial charge on any atom is 0.161 e. The van der Waals surface area contributed by atoms with E-state index in [4.69, 9.17) is 9.47 Å². The van der Waals surface area contributed by atoms with Crippen molar-refractivity contribution < 1.29 is 9.47 Å². The van der Waals surface area contributed by atoms with Crippen molar-refractivity contribution in [3.63, 3.8) is 0 Å². The third kappa shape index (κ3) is 7.74. The van der Waals surface area contributed by atoms with Crippen LogP contribution in [-0.4, -0.2) is 37.7 Å². The number of methoxy groups -OCH3 is 1. The van der Waals surface area contributed by atoms with Crippen LogP contribution in [0.3, 0.4) is 0 Å². The van der Waals surface area contributed by atoms with Gasteiger partial charge in [-0.05, 0) is 62.0 Å². The summed E-state index contributed by atoms with van der Waals surface area (Å²) in [6.07, 6.45) is 6.81. The quantitative estimate of drug-likeness (QED) is 0.382. The first kappa shape index (κ1) is 23.3. The summed E-state index contributed by atoms with van der Waals surface area (Å²) in [5.41, 5.74) is 2.62. The average molecular weight is 398 g/mol. The number of hydrogen-bond donors (Lipinski definition) is 0. The van der Waals surface area contributed by atoms with Crippen LogP contribution in [0.4, 0.5) is 0 Å². The molecule has 0 aliphatic rings. The molecule has 0 fully saturated rings. The zero-order valence-electron chi connectivity index (χ0n) is 18.8. The minimum Gasteiger partial charge on any atom is -0.493 e. The van der Waals surface area contributed by atoms with E-state index in [1.165, 1.54) is 49.9 Å². The molecule has 3 nitrogen and oxygen atoms in total. The standard InChI is InChI=1S/C26H39NO2/c1-5-11-24(27(17-6-2)18-7-3)20-23-14-15-25(28-4)26(21-23)29-19-16-22-12-9-8-10-13-22/h8-10,12-15,21,24H,5-7,11,16-20H2,1-4H3/t24-/m0/s1. The average Bonchev–Trinajstić information content (AvgIpc) is 2.74. The third-order valence-corrected chi connectivity index (χ3v) is 5.35. The lowest BCUT2D eigenvalue weighted by Gasteiger charge is -2.31. The van der Waals surface area contributed by atoms with E-state index >= 15 is 0 Å². The van der Waals surface area contributed by atoms with Crippen molar-refractivity contribution in [1.82, 2.24) is 4.90 Å². The molecule has 0 aliphatic carbocycles. The van der Waals surface area contributed by atoms with E-state index in [-0.39, 0.29) is 0 Å². The Bertz CT molecular complexity index is 680. The molecule has 29 heavy (non-hydrogen) atoms. The molecule has 160 valence electrons. The Hall–Kier alpha value is -2.00. The molecule has 1 atom stereocenters. The van der Waals surface area contributed by atoms with Gasteiger partial charge in [0.2, 0.25) is 0 Å². The maximum absolute atomic E-state index is 6.13. The van der Waals surface area contributed by atoms with Gasteiger partial charge in [0.1, 0.15) is 0 Å². The SMILES string of the molecule is CCC[C@@H](Cc1ccc(OC)c(OCCc2ccccc2)c1)N(CCC)CCC. The Morgan fingerprint density at radius 2 is 1.55 bits per heavy atom. The Labute approximate surface area is 178 Å². The van der Waals surface area contributed by atoms with Gasteiger partial charge in [0.25, 0.3) is 0 Å². The minimum atomic E-state index is 0.588. The minimum absolute atomic E-state index is 0.588. The van der Waals surface area contributed by atoms with Crippen molar-refractivity contribution in [1.29, 1.82) is 0 Å². The molecule has 0 bridgehead atoms. The number of ether oxygens (including phenoxy) is 2. The molecule has 0 amide bonds. The fourth-order valence-electron chi connectivity index (χ4n) is 3.95. The van der Waals surface area contributed by atoms with Gasteiger partial charge in [0.05, 0.1) is 13.7 Å². The Morgan fingerprint density at radius 3 is 2.17 bits per heavy atom. The van der Waals surface area contributed by atoms with Gasteiger partial charge in [0.15, 0.2) is 11.5 Å². The molecule has 2 aromatic carbocycles. The van der Waals surface area contributed by atoms with Crippen molar-refractivity contribution in [3.8, 4) is 11.5 Å². The van der Waals surface area contributed by atoms with E-state index in [1.807, 2.05) is 6.07 Å². The van der Waals surface area contributed by atoms with Crippen molar-refractivity contribution in [2.24, 2.45) is 0 Å². The van der Waals surface area contributed by atoms with Crippen LogP contribution in [0.15, 0.2) is 48.5 Å². The summed E-state index contributed by atoms with van der Waals surface area (Å²) in [5.74, 6) is 1.67. The van der Waals surface area contributed by atoms with Crippen molar-refractivity contribution in [3.05, 3.63) is 59.7 Å². The van der Waals surface area contributed by atoms with Crippen LogP contribution in [0.5, 0.6) is 11.5 Å². The molecule has 0 aliphatic heterocycles. The van der Waals surface area contributed by atoms with E-state index in [1.54, 1.807) is 7.11 Å². The summed E-state index contributed by atoms with van der Waals surface area (Å²) in [6.45, 7) is 9.84. The van der Waals surface area contributed by atoms with Gasteiger partial charge in [-0.15, -0.1) is 0 Å². The van der Waals surface area contributed by atoms with Crippen LogP contribution in [-0.2, 0) is 12.8 Å². The van der Waals surface area contributed by atoms with Gasteiger partial charge in [0, 0.05) is 12.5 Å². The molecule has 0 heterocycles. The highest BCUT2D eigenvalue weighted by atomic mass is 16.5. The second-order valence-corrected chi connectivity index (χ2v) is 7.75. The van der Waals surface area contributed by atoms with Crippen molar-refractivity contribution >= 4 is 0 Å². The van der Waals surface area contributed by atoms with Gasteiger partial charge in [-0.2, -0.15) is 0 Å². The zero-order chi connectivity index (χ0) is 20.9. The normalized spacial score (nSPS) is 12.2. The molecular formula is C26H39NO2. The Balaban J connectivity index is 2.07. The van der Waals surface area contributed by atoms with Gasteiger partial charge < -0.3 is 14.4 Å². The van der Waals surface area contributed by atoms with Crippen LogP contribution >= 0.6 is 0 Å². The van der Waals surface area contributed by atoms with Crippen molar-refractivity contribution in [2.45, 2.75) is 65.3 Å². The van der Waals surface area contributed by atoms with Gasteiger partial charge in [-0.3, -0.25) is 0 Å². The lowest BCUT2D eigenvalue weighted by molar-refractivity contribution is 0.184. The second kappa shape index (κ2) is 13.3. The molecule has 0 N–H and O–H groups in total. The second-order valence-electron chi connectivity index (χ2n) is 7.75. The summed E-state index contributed by atoms with van der Waals surface area (Å²) >= 11 is 0. The van der Waals surface area contributed by atoms with Crippen LogP contribution in [0.25, 0.3) is 0 Å². The van der Waals surface area contributed by atoms with E-state index in [9.17, 15) is 0 Å². The van der Waals surface area contributed by atoms with Crippen LogP contribution in [0, 0.1) is 0 Å². The molecule has 0 radical (unpaired) electrons. The van der Waals surface area contributed by atoms with E-state index in [0.29, 0.717) is 12.6 Å². The lowest BCUT2D eigenvalue weighted by Crippen LogP contribution is -2.38. The highest BCUT2D eigenvalue weighted by Gasteiger charge is 2.18. The number of rotatable bonds is 14. The van der Waals surface area contributed by atoms with Crippen LogP contribution in [0.1, 0.15) is 57.6 Å². The molecule has 2 rings (SSSR count). The number of hydrogen-bond acceptors (Lipinski definition) is 3. The molecule has 0 saturated carbocycles. The molecule has 0 saturated heterocycles. The monoisotopic (exact) mass is 397 g/mol. The highest BCUT2D eigenvalue weighted by Crippen LogP contribution is 2.29. The predicted molar refractivity (Wildman–Crippen MR) is 123 cm³/mol. The third-order valence-electron chi connectivity index (χ3n) is 5.35. The van der Waals surface area contributed by atoms with Crippen molar-refractivity contribution in [2.75, 3.05) is 26.8 Å². The zero-order valence-corrected chi connectivity index (χ0v) is 18.8. The number of nitrogens with zero attached hydrogens (tertiary/aromatic N) is 1. The first-order chi connectivity index (χ1) is 14.2. The summed E-state index contributed by atoms with van der Waals surface area (Å²) in [6, 6.07) is 17.5. The summed E-state index contributed by atoms with van der Waals surface area (Å²) in [5, 5.41) is 0. The Morgan fingerprint density at radius 1 is 0.828 bits per heavy atom. The van der Waals surface area contributed by atoms with Gasteiger partial charge >= 0.3 is 0 Å². The predicted octanol–water partition coefficient (Wildman–Crippen LogP) is 6.15. The molecule has 0 spiro atoms. The first-order valence-corrected chi connectivity index (χ1v) is 11.3. The maximum atomic E-state index is 6.13. The largest absolute Gasteiger partial charge is 0.493 e. The molecule has 2 aromatic rings. The fourth-order valence-corrected chi connectivity index (χ4v) is 3.95. The van der Waals surface area contributed by atoms with E-state index in [0.717, 1.165) is 24.3 Å². The molecule has 3 heteroatoms. The topological polar surface area (TPSA) is 21.7 Å². The van der Waals surface area contributed by atoms with Gasteiger partial charge in [-0.1, -0.05) is 63.6 Å². The molecular weight excluding hydrogens is 358 g/mol. The van der Waals surface area contributed by atoms with E-state index in [2.05, 4.69) is 68.1 Å². The summed E-state index contributed by atoms with van der Waals surface area (Å²) in [7, 11) is 1.71. The number of benzene rings is 2. The summed E-state index contributed by atoms with van der Waals surface area (Å²) < 4.78 is 11.7. The molecule has 0 unspecified atom stereocenters. The first-order valence-electron chi connectivity index (χ1n) is 11.3. The highest BCUT2D eigenvalue weighted by molar-refractivity contribution is 5.43.